The maximum atomic E-state index is 11.1. The van der Waals surface area contributed by atoms with Crippen molar-refractivity contribution in [3.63, 3.8) is 0 Å². The van der Waals surface area contributed by atoms with Gasteiger partial charge in [0.2, 0.25) is 0 Å². The highest BCUT2D eigenvalue weighted by atomic mass is 16.5. The van der Waals surface area contributed by atoms with Gasteiger partial charge in [-0.15, -0.1) is 0 Å². The molecular formula is C15H16O3. The van der Waals surface area contributed by atoms with E-state index in [1.807, 2.05) is 48.6 Å². The topological polar surface area (TPSA) is 46.5 Å². The molecule has 94 valence electrons. The summed E-state index contributed by atoms with van der Waals surface area (Å²) < 4.78 is 5.56. The molecule has 0 amide bonds. The second-order valence-corrected chi connectivity index (χ2v) is 4.35. The molecule has 0 saturated heterocycles. The molecule has 3 heteroatoms. The number of rotatable bonds is 4. The van der Waals surface area contributed by atoms with E-state index in [4.69, 9.17) is 9.84 Å². The van der Waals surface area contributed by atoms with E-state index in [1.54, 1.807) is 7.11 Å². The monoisotopic (exact) mass is 244 g/mol. The lowest BCUT2D eigenvalue weighted by Crippen LogP contribution is -2.36. The van der Waals surface area contributed by atoms with E-state index >= 15 is 0 Å². The van der Waals surface area contributed by atoms with Gasteiger partial charge in [-0.3, -0.25) is 4.79 Å². The first-order chi connectivity index (χ1) is 8.68. The zero-order chi connectivity index (χ0) is 13.0. The standard InChI is InChI=1S/C15H16O3/c1-18-15(11-14(16)17)10-6-5-9-13(15)12-7-3-2-4-8-12/h2-9H,10-11H2,1H3,(H,16,17). The summed E-state index contributed by atoms with van der Waals surface area (Å²) in [6.07, 6.45) is 6.37. The molecule has 0 bridgehead atoms. The van der Waals surface area contributed by atoms with Crippen molar-refractivity contribution in [2.75, 3.05) is 7.11 Å². The first kappa shape index (κ1) is 12.6. The minimum Gasteiger partial charge on any atom is -0.481 e. The fraction of sp³-hybridized carbons (Fsp3) is 0.267. The van der Waals surface area contributed by atoms with Gasteiger partial charge < -0.3 is 9.84 Å². The van der Waals surface area contributed by atoms with Gasteiger partial charge in [0.1, 0.15) is 5.60 Å². The number of methoxy groups -OCH3 is 1. The number of carboxylic acids is 1. The smallest absolute Gasteiger partial charge is 0.306 e. The van der Waals surface area contributed by atoms with E-state index in [2.05, 4.69) is 0 Å². The molecule has 3 nitrogen and oxygen atoms in total. The molecule has 0 fully saturated rings. The Morgan fingerprint density at radius 2 is 2.11 bits per heavy atom. The molecule has 0 saturated carbocycles. The Kier molecular flexibility index (Phi) is 3.63. The molecule has 0 aromatic heterocycles. The highest BCUT2D eigenvalue weighted by Gasteiger charge is 2.37. The van der Waals surface area contributed by atoms with Crippen molar-refractivity contribution in [2.45, 2.75) is 18.4 Å². The molecule has 2 rings (SSSR count). The number of carbonyl (C=O) groups is 1. The highest BCUT2D eigenvalue weighted by Crippen LogP contribution is 2.38. The van der Waals surface area contributed by atoms with Crippen LogP contribution < -0.4 is 0 Å². The van der Waals surface area contributed by atoms with Gasteiger partial charge in [0.15, 0.2) is 0 Å². The average Bonchev–Trinajstić information content (AvgIpc) is 2.39. The molecule has 1 aromatic rings. The van der Waals surface area contributed by atoms with E-state index < -0.39 is 11.6 Å². The minimum atomic E-state index is -0.853. The van der Waals surface area contributed by atoms with Crippen molar-refractivity contribution in [3.8, 4) is 0 Å². The molecule has 0 heterocycles. The van der Waals surface area contributed by atoms with E-state index in [1.165, 1.54) is 0 Å². The predicted molar refractivity (Wildman–Crippen MR) is 70.2 cm³/mol. The zero-order valence-electron chi connectivity index (χ0n) is 10.3. The van der Waals surface area contributed by atoms with Crippen molar-refractivity contribution < 1.29 is 14.6 Å². The molecule has 0 radical (unpaired) electrons. The number of carboxylic acid groups (broad SMARTS) is 1. The second-order valence-electron chi connectivity index (χ2n) is 4.35. The second kappa shape index (κ2) is 5.19. The Hall–Kier alpha value is -1.87. The van der Waals surface area contributed by atoms with Crippen LogP contribution in [0.25, 0.3) is 5.57 Å². The van der Waals surface area contributed by atoms with Crippen molar-refractivity contribution in [1.82, 2.24) is 0 Å². The van der Waals surface area contributed by atoms with Crippen molar-refractivity contribution in [2.24, 2.45) is 0 Å². The van der Waals surface area contributed by atoms with Gasteiger partial charge in [-0.2, -0.15) is 0 Å². The third-order valence-corrected chi connectivity index (χ3v) is 3.25. The molecular weight excluding hydrogens is 228 g/mol. The minimum absolute atomic E-state index is 0.0332. The third-order valence-electron chi connectivity index (χ3n) is 3.25. The summed E-state index contributed by atoms with van der Waals surface area (Å²) in [6, 6.07) is 9.76. The number of hydrogen-bond donors (Lipinski definition) is 1. The van der Waals surface area contributed by atoms with Gasteiger partial charge >= 0.3 is 5.97 Å². The van der Waals surface area contributed by atoms with Crippen molar-refractivity contribution in [1.29, 1.82) is 0 Å². The molecule has 1 aliphatic rings. The number of ether oxygens (including phenoxy) is 1. The summed E-state index contributed by atoms with van der Waals surface area (Å²) in [5.41, 5.74) is 1.17. The lowest BCUT2D eigenvalue weighted by atomic mass is 9.80. The van der Waals surface area contributed by atoms with Crippen LogP contribution in [-0.4, -0.2) is 23.8 Å². The first-order valence-electron chi connectivity index (χ1n) is 5.88. The number of aliphatic carboxylic acids is 1. The Balaban J connectivity index is 2.43. The fourth-order valence-electron chi connectivity index (χ4n) is 2.34. The molecule has 0 aliphatic heterocycles. The lowest BCUT2D eigenvalue weighted by molar-refractivity contribution is -0.141. The molecule has 1 aromatic carbocycles. The Morgan fingerprint density at radius 3 is 2.72 bits per heavy atom. The average molecular weight is 244 g/mol. The van der Waals surface area contributed by atoms with Crippen LogP contribution in [0.1, 0.15) is 18.4 Å². The number of benzene rings is 1. The molecule has 1 atom stereocenters. The lowest BCUT2D eigenvalue weighted by Gasteiger charge is -2.34. The summed E-state index contributed by atoms with van der Waals surface area (Å²) in [5, 5.41) is 9.10. The van der Waals surface area contributed by atoms with E-state index in [0.717, 1.165) is 11.1 Å². The highest BCUT2D eigenvalue weighted by molar-refractivity contribution is 5.80. The molecule has 1 N–H and O–H groups in total. The van der Waals surface area contributed by atoms with Crippen LogP contribution in [0.5, 0.6) is 0 Å². The SMILES string of the molecule is COC1(CC(=O)O)CC=CC=C1c1ccccc1. The Bertz CT molecular complexity index is 488. The predicted octanol–water partition coefficient (Wildman–Crippen LogP) is 2.89. The largest absolute Gasteiger partial charge is 0.481 e. The van der Waals surface area contributed by atoms with Gasteiger partial charge in [-0.1, -0.05) is 48.6 Å². The number of allylic oxidation sites excluding steroid dienone is 2. The zero-order valence-corrected chi connectivity index (χ0v) is 10.3. The van der Waals surface area contributed by atoms with Crippen LogP contribution in [0, 0.1) is 0 Å². The Morgan fingerprint density at radius 1 is 1.39 bits per heavy atom. The van der Waals surface area contributed by atoms with Gasteiger partial charge in [-0.05, 0) is 17.6 Å². The maximum absolute atomic E-state index is 11.1. The van der Waals surface area contributed by atoms with E-state index in [0.29, 0.717) is 6.42 Å². The first-order valence-corrected chi connectivity index (χ1v) is 5.88. The van der Waals surface area contributed by atoms with Crippen LogP contribution in [0.3, 0.4) is 0 Å². The molecule has 0 spiro atoms. The molecule has 1 aliphatic carbocycles. The summed E-state index contributed by atoms with van der Waals surface area (Å²) in [5.74, 6) is -0.853. The third kappa shape index (κ3) is 2.36. The van der Waals surface area contributed by atoms with Crippen molar-refractivity contribution in [3.05, 3.63) is 54.1 Å². The van der Waals surface area contributed by atoms with Gasteiger partial charge in [0.05, 0.1) is 6.42 Å². The summed E-state index contributed by atoms with van der Waals surface area (Å²) in [6.45, 7) is 0. The van der Waals surface area contributed by atoms with Crippen molar-refractivity contribution >= 4 is 11.5 Å². The van der Waals surface area contributed by atoms with Gasteiger partial charge in [0, 0.05) is 7.11 Å². The maximum Gasteiger partial charge on any atom is 0.306 e. The van der Waals surface area contributed by atoms with Crippen LogP contribution >= 0.6 is 0 Å². The number of hydrogen-bond acceptors (Lipinski definition) is 2. The van der Waals surface area contributed by atoms with Crippen LogP contribution in [-0.2, 0) is 9.53 Å². The van der Waals surface area contributed by atoms with Gasteiger partial charge in [0.25, 0.3) is 0 Å². The van der Waals surface area contributed by atoms with E-state index in [9.17, 15) is 4.79 Å². The molecule has 18 heavy (non-hydrogen) atoms. The van der Waals surface area contributed by atoms with Crippen LogP contribution in [0.4, 0.5) is 0 Å². The Labute approximate surface area is 106 Å². The summed E-state index contributed by atoms with van der Waals surface area (Å²) in [4.78, 5) is 11.1. The van der Waals surface area contributed by atoms with Crippen LogP contribution in [0.2, 0.25) is 0 Å². The molecule has 1 unspecified atom stereocenters. The summed E-state index contributed by atoms with van der Waals surface area (Å²) >= 11 is 0. The van der Waals surface area contributed by atoms with Crippen LogP contribution in [0.15, 0.2) is 48.6 Å². The quantitative estimate of drug-likeness (QED) is 0.885. The fourth-order valence-corrected chi connectivity index (χ4v) is 2.34. The van der Waals surface area contributed by atoms with E-state index in [-0.39, 0.29) is 6.42 Å². The normalized spacial score (nSPS) is 22.6. The summed E-state index contributed by atoms with van der Waals surface area (Å²) in [7, 11) is 1.57. The van der Waals surface area contributed by atoms with Gasteiger partial charge in [-0.25, -0.2) is 0 Å².